The number of hydrogen-bond donors (Lipinski definition) is 3. The highest BCUT2D eigenvalue weighted by atomic mass is 16.5. The molecular formula is C21H21N3O4. The Morgan fingerprint density at radius 3 is 2.39 bits per heavy atom. The van der Waals surface area contributed by atoms with E-state index in [1.165, 1.54) is 0 Å². The van der Waals surface area contributed by atoms with Crippen LogP contribution in [0.2, 0.25) is 0 Å². The Morgan fingerprint density at radius 2 is 1.71 bits per heavy atom. The highest BCUT2D eigenvalue weighted by molar-refractivity contribution is 5.83. The van der Waals surface area contributed by atoms with Gasteiger partial charge in [-0.2, -0.15) is 0 Å². The lowest BCUT2D eigenvalue weighted by Gasteiger charge is -2.16. The minimum Gasteiger partial charge on any atom is -0.493 e. The number of aromatic amines is 2. The van der Waals surface area contributed by atoms with Crippen LogP contribution in [0.4, 0.5) is 0 Å². The summed E-state index contributed by atoms with van der Waals surface area (Å²) in [5.74, 6) is 2.12. The molecule has 4 rings (SSSR count). The first kappa shape index (κ1) is 17.9. The van der Waals surface area contributed by atoms with Crippen LogP contribution in [0.25, 0.3) is 22.3 Å². The van der Waals surface area contributed by atoms with E-state index in [1.807, 2.05) is 30.5 Å². The van der Waals surface area contributed by atoms with Crippen molar-refractivity contribution in [3.05, 3.63) is 60.0 Å². The molecule has 1 unspecified atom stereocenters. The third kappa shape index (κ3) is 3.05. The highest BCUT2D eigenvalue weighted by Crippen LogP contribution is 2.40. The number of fused-ring (bicyclic) bond motifs is 1. The molecule has 2 aromatic carbocycles. The molecule has 0 bridgehead atoms. The van der Waals surface area contributed by atoms with Gasteiger partial charge in [0.25, 0.3) is 0 Å². The van der Waals surface area contributed by atoms with Gasteiger partial charge >= 0.3 is 0 Å². The molecule has 0 spiro atoms. The van der Waals surface area contributed by atoms with E-state index in [9.17, 15) is 5.11 Å². The van der Waals surface area contributed by atoms with Crippen molar-refractivity contribution >= 4 is 10.9 Å². The lowest BCUT2D eigenvalue weighted by atomic mass is 10.1. The molecule has 1 atom stereocenters. The van der Waals surface area contributed by atoms with E-state index in [4.69, 9.17) is 14.2 Å². The van der Waals surface area contributed by atoms with E-state index in [-0.39, 0.29) is 0 Å². The second kappa shape index (κ2) is 7.28. The number of benzene rings is 2. The van der Waals surface area contributed by atoms with Crippen LogP contribution in [0.15, 0.2) is 48.8 Å². The maximum absolute atomic E-state index is 10.9. The number of nitrogens with zero attached hydrogens (tertiary/aromatic N) is 1. The predicted octanol–water partition coefficient (Wildman–Crippen LogP) is 3.67. The van der Waals surface area contributed by atoms with Crippen LogP contribution in [0.5, 0.6) is 17.2 Å². The molecule has 0 fully saturated rings. The quantitative estimate of drug-likeness (QED) is 0.475. The minimum atomic E-state index is -0.925. The van der Waals surface area contributed by atoms with Crippen LogP contribution in [0, 0.1) is 0 Å². The summed E-state index contributed by atoms with van der Waals surface area (Å²) in [6.07, 6.45) is 2.60. The van der Waals surface area contributed by atoms with Gasteiger partial charge in [0, 0.05) is 22.7 Å². The molecule has 0 aliphatic rings. The lowest BCUT2D eigenvalue weighted by Crippen LogP contribution is -2.03. The van der Waals surface area contributed by atoms with Crippen molar-refractivity contribution < 1.29 is 19.3 Å². The largest absolute Gasteiger partial charge is 0.493 e. The van der Waals surface area contributed by atoms with Crippen LogP contribution in [0.3, 0.4) is 0 Å². The molecule has 7 heteroatoms. The van der Waals surface area contributed by atoms with Gasteiger partial charge in [-0.15, -0.1) is 0 Å². The second-order valence-electron chi connectivity index (χ2n) is 6.33. The fraction of sp³-hybridized carbons (Fsp3) is 0.190. The van der Waals surface area contributed by atoms with Gasteiger partial charge in [-0.3, -0.25) is 0 Å². The number of methoxy groups -OCH3 is 3. The van der Waals surface area contributed by atoms with Gasteiger partial charge in [0.1, 0.15) is 11.9 Å². The first-order chi connectivity index (χ1) is 13.6. The van der Waals surface area contributed by atoms with Crippen LogP contribution in [-0.2, 0) is 0 Å². The monoisotopic (exact) mass is 379 g/mol. The number of H-pyrrole nitrogens is 2. The standard InChI is InChI=1S/C21H21N3O4/c1-26-17-9-14(10-18(27-2)20(17)28-3)19(25)16-11-23-21(24-16)13-4-5-15-12(8-13)6-7-22-15/h4-11,19,22,25H,1-3H3,(H,23,24). The van der Waals surface area contributed by atoms with Crippen molar-refractivity contribution in [3.63, 3.8) is 0 Å². The average Bonchev–Trinajstić information content (AvgIpc) is 3.40. The fourth-order valence-electron chi connectivity index (χ4n) is 3.26. The Morgan fingerprint density at radius 1 is 0.964 bits per heavy atom. The van der Waals surface area contributed by atoms with Gasteiger partial charge in [-0.05, 0) is 42.0 Å². The van der Waals surface area contributed by atoms with E-state index in [0.717, 1.165) is 16.5 Å². The van der Waals surface area contributed by atoms with E-state index < -0.39 is 6.10 Å². The Bertz CT molecular complexity index is 1090. The summed E-state index contributed by atoms with van der Waals surface area (Å²) >= 11 is 0. The number of aliphatic hydroxyl groups is 1. The lowest BCUT2D eigenvalue weighted by molar-refractivity contribution is 0.214. The van der Waals surface area contributed by atoms with Crippen molar-refractivity contribution in [1.29, 1.82) is 0 Å². The maximum atomic E-state index is 10.9. The molecule has 0 aliphatic carbocycles. The van der Waals surface area contributed by atoms with Crippen LogP contribution >= 0.6 is 0 Å². The molecule has 144 valence electrons. The molecule has 2 aromatic heterocycles. The smallest absolute Gasteiger partial charge is 0.203 e. The van der Waals surface area contributed by atoms with Gasteiger partial charge in [-0.1, -0.05) is 0 Å². The number of imidazole rings is 1. The summed E-state index contributed by atoms with van der Waals surface area (Å²) in [5, 5.41) is 12.0. The summed E-state index contributed by atoms with van der Waals surface area (Å²) in [6.45, 7) is 0. The zero-order valence-electron chi connectivity index (χ0n) is 15.8. The number of ether oxygens (including phenoxy) is 3. The fourth-order valence-corrected chi connectivity index (χ4v) is 3.26. The van der Waals surface area contributed by atoms with E-state index >= 15 is 0 Å². The summed E-state index contributed by atoms with van der Waals surface area (Å²) < 4.78 is 16.1. The number of rotatable bonds is 6. The van der Waals surface area contributed by atoms with Gasteiger partial charge in [-0.25, -0.2) is 4.98 Å². The zero-order valence-corrected chi connectivity index (χ0v) is 15.8. The Labute approximate surface area is 161 Å². The maximum Gasteiger partial charge on any atom is 0.203 e. The third-order valence-electron chi connectivity index (χ3n) is 4.72. The Hall–Kier alpha value is -3.45. The van der Waals surface area contributed by atoms with Crippen molar-refractivity contribution in [2.24, 2.45) is 0 Å². The predicted molar refractivity (Wildman–Crippen MR) is 106 cm³/mol. The Balaban J connectivity index is 1.68. The number of hydrogen-bond acceptors (Lipinski definition) is 5. The first-order valence-electron chi connectivity index (χ1n) is 8.75. The molecule has 0 amide bonds. The molecule has 0 radical (unpaired) electrons. The van der Waals surface area contributed by atoms with Crippen molar-refractivity contribution in [1.82, 2.24) is 15.0 Å². The van der Waals surface area contributed by atoms with Crippen LogP contribution in [0.1, 0.15) is 17.4 Å². The highest BCUT2D eigenvalue weighted by Gasteiger charge is 2.20. The Kier molecular flexibility index (Phi) is 4.67. The second-order valence-corrected chi connectivity index (χ2v) is 6.33. The molecular weight excluding hydrogens is 358 g/mol. The molecule has 4 aromatic rings. The molecule has 2 heterocycles. The first-order valence-corrected chi connectivity index (χ1v) is 8.75. The molecule has 3 N–H and O–H groups in total. The molecule has 0 saturated carbocycles. The van der Waals surface area contributed by atoms with Gasteiger partial charge in [0.05, 0.1) is 33.2 Å². The van der Waals surface area contributed by atoms with Crippen molar-refractivity contribution in [2.75, 3.05) is 21.3 Å². The third-order valence-corrected chi connectivity index (χ3v) is 4.72. The molecule has 0 saturated heterocycles. The normalized spacial score (nSPS) is 12.1. The topological polar surface area (TPSA) is 92.4 Å². The van der Waals surface area contributed by atoms with Crippen LogP contribution < -0.4 is 14.2 Å². The SMILES string of the molecule is COc1cc(C(O)c2cnc(-c3ccc4[nH]ccc4c3)[nH]2)cc(OC)c1OC. The molecule has 7 nitrogen and oxygen atoms in total. The van der Waals surface area contributed by atoms with Gasteiger partial charge in [0.15, 0.2) is 11.5 Å². The average molecular weight is 379 g/mol. The molecule has 28 heavy (non-hydrogen) atoms. The van der Waals surface area contributed by atoms with Gasteiger partial charge in [0.2, 0.25) is 5.75 Å². The van der Waals surface area contributed by atoms with E-state index in [0.29, 0.717) is 34.3 Å². The minimum absolute atomic E-state index is 0.478. The number of aromatic nitrogens is 3. The van der Waals surface area contributed by atoms with E-state index in [2.05, 4.69) is 15.0 Å². The summed E-state index contributed by atoms with van der Waals surface area (Å²) in [7, 11) is 4.62. The van der Waals surface area contributed by atoms with Crippen LogP contribution in [-0.4, -0.2) is 41.4 Å². The summed E-state index contributed by atoms with van der Waals surface area (Å²) in [4.78, 5) is 10.8. The van der Waals surface area contributed by atoms with Crippen molar-refractivity contribution in [2.45, 2.75) is 6.10 Å². The van der Waals surface area contributed by atoms with Crippen molar-refractivity contribution in [3.8, 4) is 28.6 Å². The zero-order chi connectivity index (χ0) is 19.7. The number of aliphatic hydroxyl groups excluding tert-OH is 1. The van der Waals surface area contributed by atoms with E-state index in [1.54, 1.807) is 39.7 Å². The van der Waals surface area contributed by atoms with Gasteiger partial charge < -0.3 is 29.3 Å². The summed E-state index contributed by atoms with van der Waals surface area (Å²) in [5.41, 5.74) is 3.17. The summed E-state index contributed by atoms with van der Waals surface area (Å²) in [6, 6.07) is 11.5. The molecule has 0 aliphatic heterocycles. The number of nitrogens with one attached hydrogen (secondary N) is 2.